The smallest absolute Gasteiger partial charge is 0.267 e. The van der Waals surface area contributed by atoms with Crippen molar-refractivity contribution in [1.29, 1.82) is 0 Å². The molecule has 1 unspecified atom stereocenters. The third-order valence-electron chi connectivity index (χ3n) is 5.59. The zero-order valence-electron chi connectivity index (χ0n) is 19.4. The van der Waals surface area contributed by atoms with Gasteiger partial charge in [0.1, 0.15) is 5.71 Å². The molecule has 1 saturated heterocycles. The molecule has 1 heterocycles. The van der Waals surface area contributed by atoms with Crippen LogP contribution in [0.15, 0.2) is 64.5 Å². The molecule has 0 radical (unpaired) electrons. The van der Waals surface area contributed by atoms with Crippen molar-refractivity contribution in [3.63, 3.8) is 0 Å². The zero-order valence-corrected chi connectivity index (χ0v) is 20.2. The fourth-order valence-electron chi connectivity index (χ4n) is 3.73. The highest BCUT2D eigenvalue weighted by molar-refractivity contribution is 7.89. The van der Waals surface area contributed by atoms with Crippen LogP contribution in [0.2, 0.25) is 0 Å². The SMILES string of the molecule is CCCN(CCC)S(=O)(=O)c1ccc(C(=O)N=C2C(=O)N(c3ccccc3)N(C)C2C)cc1. The van der Waals surface area contributed by atoms with Crippen LogP contribution in [0.25, 0.3) is 0 Å². The van der Waals surface area contributed by atoms with Crippen LogP contribution < -0.4 is 5.01 Å². The molecule has 1 atom stereocenters. The van der Waals surface area contributed by atoms with Gasteiger partial charge in [-0.05, 0) is 56.2 Å². The van der Waals surface area contributed by atoms with Gasteiger partial charge in [0.2, 0.25) is 10.0 Å². The molecule has 1 aliphatic heterocycles. The van der Waals surface area contributed by atoms with Gasteiger partial charge in [0.05, 0.1) is 16.6 Å². The molecule has 2 aromatic carbocycles. The largest absolute Gasteiger partial charge is 0.289 e. The Morgan fingerprint density at radius 3 is 2.12 bits per heavy atom. The minimum Gasteiger partial charge on any atom is -0.267 e. The molecule has 0 N–H and O–H groups in total. The van der Waals surface area contributed by atoms with Crippen LogP contribution >= 0.6 is 0 Å². The second-order valence-corrected chi connectivity index (χ2v) is 9.87. The summed E-state index contributed by atoms with van der Waals surface area (Å²) >= 11 is 0. The van der Waals surface area contributed by atoms with Crippen LogP contribution in [-0.2, 0) is 14.8 Å². The predicted octanol–water partition coefficient (Wildman–Crippen LogP) is 3.36. The number of amides is 2. The van der Waals surface area contributed by atoms with Gasteiger partial charge >= 0.3 is 0 Å². The number of carbonyl (C=O) groups excluding carboxylic acids is 2. The Hall–Kier alpha value is -2.88. The molecule has 176 valence electrons. The number of hydrogen-bond donors (Lipinski definition) is 0. The summed E-state index contributed by atoms with van der Waals surface area (Å²) in [5.41, 5.74) is 1.05. The van der Waals surface area contributed by atoms with E-state index in [-0.39, 0.29) is 22.1 Å². The second kappa shape index (κ2) is 10.4. The van der Waals surface area contributed by atoms with E-state index in [0.29, 0.717) is 31.6 Å². The van der Waals surface area contributed by atoms with E-state index < -0.39 is 22.0 Å². The molecule has 0 aliphatic carbocycles. The van der Waals surface area contributed by atoms with Gasteiger partial charge in [-0.25, -0.2) is 23.4 Å². The van der Waals surface area contributed by atoms with E-state index in [1.165, 1.54) is 33.6 Å². The first kappa shape index (κ1) is 24.8. The molecule has 0 bridgehead atoms. The highest BCUT2D eigenvalue weighted by Crippen LogP contribution is 2.24. The topological polar surface area (TPSA) is 90.4 Å². The van der Waals surface area contributed by atoms with Gasteiger partial charge in [0.15, 0.2) is 0 Å². The first-order valence-electron chi connectivity index (χ1n) is 11.1. The maximum absolute atomic E-state index is 13.0. The highest BCUT2D eigenvalue weighted by Gasteiger charge is 2.40. The number of hydrogen-bond acceptors (Lipinski definition) is 5. The summed E-state index contributed by atoms with van der Waals surface area (Å²) in [7, 11) is -1.87. The predicted molar refractivity (Wildman–Crippen MR) is 129 cm³/mol. The molecule has 8 nitrogen and oxygen atoms in total. The number of nitrogens with zero attached hydrogens (tertiary/aromatic N) is 4. The van der Waals surface area contributed by atoms with E-state index in [1.54, 1.807) is 19.0 Å². The number of benzene rings is 2. The zero-order chi connectivity index (χ0) is 24.2. The normalized spacial score (nSPS) is 18.5. The third kappa shape index (κ3) is 5.05. The second-order valence-electron chi connectivity index (χ2n) is 7.93. The van der Waals surface area contributed by atoms with E-state index in [0.717, 1.165) is 0 Å². The molecular weight excluding hydrogens is 440 g/mol. The van der Waals surface area contributed by atoms with Gasteiger partial charge in [0, 0.05) is 25.7 Å². The molecule has 1 fully saturated rings. The quantitative estimate of drug-likeness (QED) is 0.590. The molecule has 0 aromatic heterocycles. The monoisotopic (exact) mass is 470 g/mol. The first-order chi connectivity index (χ1) is 15.7. The summed E-state index contributed by atoms with van der Waals surface area (Å²) in [6.45, 7) is 6.55. The minimum absolute atomic E-state index is 0.133. The van der Waals surface area contributed by atoms with E-state index >= 15 is 0 Å². The van der Waals surface area contributed by atoms with Gasteiger partial charge in [0.25, 0.3) is 11.8 Å². The van der Waals surface area contributed by atoms with Gasteiger partial charge in [-0.2, -0.15) is 4.31 Å². The lowest BCUT2D eigenvalue weighted by Crippen LogP contribution is -2.38. The Morgan fingerprint density at radius 2 is 1.58 bits per heavy atom. The molecule has 3 rings (SSSR count). The minimum atomic E-state index is -3.63. The van der Waals surface area contributed by atoms with Crippen LogP contribution in [-0.4, -0.2) is 61.4 Å². The lowest BCUT2D eigenvalue weighted by molar-refractivity contribution is -0.113. The third-order valence-corrected chi connectivity index (χ3v) is 7.50. The maximum atomic E-state index is 13.0. The molecular formula is C24H30N4O4S. The highest BCUT2D eigenvalue weighted by atomic mass is 32.2. The Bertz CT molecular complexity index is 1120. The number of rotatable bonds is 8. The summed E-state index contributed by atoms with van der Waals surface area (Å²) in [6.07, 6.45) is 1.43. The molecule has 0 spiro atoms. The van der Waals surface area contributed by atoms with Crippen LogP contribution in [0.3, 0.4) is 0 Å². The number of aliphatic imine (C=N–C) groups is 1. The van der Waals surface area contributed by atoms with Crippen molar-refractivity contribution in [1.82, 2.24) is 9.31 Å². The van der Waals surface area contributed by atoms with Crippen molar-refractivity contribution in [2.45, 2.75) is 44.6 Å². The Labute approximate surface area is 195 Å². The number of anilines is 1. The van der Waals surface area contributed by atoms with Crippen molar-refractivity contribution >= 4 is 33.2 Å². The van der Waals surface area contributed by atoms with Crippen LogP contribution in [0.5, 0.6) is 0 Å². The lowest BCUT2D eigenvalue weighted by Gasteiger charge is -2.25. The van der Waals surface area contributed by atoms with Crippen LogP contribution in [0.1, 0.15) is 44.0 Å². The standard InChI is InChI=1S/C24H30N4O4S/c1-5-16-27(17-6-2)33(31,32)21-14-12-19(13-15-21)23(29)25-22-18(3)26(4)28(24(22)30)20-10-8-7-9-11-20/h7-15,18H,5-6,16-17H2,1-4H3. The summed E-state index contributed by atoms with van der Waals surface area (Å²) in [5, 5.41) is 3.22. The summed E-state index contributed by atoms with van der Waals surface area (Å²) in [6, 6.07) is 14.5. The van der Waals surface area contributed by atoms with Gasteiger partial charge in [-0.1, -0.05) is 32.0 Å². The van der Waals surface area contributed by atoms with E-state index in [2.05, 4.69) is 4.99 Å². The van der Waals surface area contributed by atoms with Crippen LogP contribution in [0, 0.1) is 0 Å². The van der Waals surface area contributed by atoms with Gasteiger partial charge < -0.3 is 0 Å². The van der Waals surface area contributed by atoms with E-state index in [9.17, 15) is 18.0 Å². The molecule has 2 amide bonds. The lowest BCUT2D eigenvalue weighted by atomic mass is 10.2. The van der Waals surface area contributed by atoms with Crippen molar-refractivity contribution < 1.29 is 18.0 Å². The van der Waals surface area contributed by atoms with Crippen molar-refractivity contribution in [3.8, 4) is 0 Å². The summed E-state index contributed by atoms with van der Waals surface area (Å²) < 4.78 is 27.3. The van der Waals surface area contributed by atoms with E-state index in [4.69, 9.17) is 0 Å². The summed E-state index contributed by atoms with van der Waals surface area (Å²) in [5.74, 6) is -0.949. The molecule has 33 heavy (non-hydrogen) atoms. The number of sulfonamides is 1. The molecule has 0 saturated carbocycles. The Morgan fingerprint density at radius 1 is 1.00 bits per heavy atom. The number of para-hydroxylation sites is 1. The van der Waals surface area contributed by atoms with E-state index in [1.807, 2.05) is 44.2 Å². The molecule has 2 aromatic rings. The number of hydrazine groups is 1. The number of carbonyl (C=O) groups is 2. The fraction of sp³-hybridized carbons (Fsp3) is 0.375. The Balaban J connectivity index is 1.84. The van der Waals surface area contributed by atoms with Crippen molar-refractivity contribution in [2.75, 3.05) is 25.1 Å². The Kier molecular flexibility index (Phi) is 7.78. The first-order valence-corrected chi connectivity index (χ1v) is 12.5. The summed E-state index contributed by atoms with van der Waals surface area (Å²) in [4.78, 5) is 30.0. The average Bonchev–Trinajstić information content (AvgIpc) is 3.02. The van der Waals surface area contributed by atoms with Crippen molar-refractivity contribution in [3.05, 3.63) is 60.2 Å². The van der Waals surface area contributed by atoms with Gasteiger partial charge in [-0.3, -0.25) is 9.59 Å². The van der Waals surface area contributed by atoms with Gasteiger partial charge in [-0.15, -0.1) is 0 Å². The molecule has 9 heteroatoms. The van der Waals surface area contributed by atoms with Crippen molar-refractivity contribution in [2.24, 2.45) is 4.99 Å². The molecule has 1 aliphatic rings. The van der Waals surface area contributed by atoms with Crippen LogP contribution in [0.4, 0.5) is 5.69 Å². The fourth-order valence-corrected chi connectivity index (χ4v) is 5.36. The average molecular weight is 471 g/mol. The maximum Gasteiger partial charge on any atom is 0.289 e.